The standard InChI is InChI=1S/C29H34BrNO4S/c1-7-34-28(33)26-22(21-12-10-18(2)15-19(21)3)17-36-27(26)31-25(32)9-8-14-35-24-13-11-20(16-23(24)30)29(4,5)6/h10-13,15-17H,7-9,14H2,1-6H3,(H,31,32). The highest BCUT2D eigenvalue weighted by Crippen LogP contribution is 2.38. The maximum Gasteiger partial charge on any atom is 0.341 e. The molecule has 5 nitrogen and oxygen atoms in total. The first kappa shape index (κ1) is 27.9. The highest BCUT2D eigenvalue weighted by molar-refractivity contribution is 9.10. The molecule has 0 saturated heterocycles. The van der Waals surface area contributed by atoms with Crippen LogP contribution in [0.2, 0.25) is 0 Å². The molecule has 3 rings (SSSR count). The first-order valence-electron chi connectivity index (χ1n) is 12.1. The number of halogens is 1. The van der Waals surface area contributed by atoms with Crippen molar-refractivity contribution in [3.8, 4) is 16.9 Å². The molecule has 0 spiro atoms. The van der Waals surface area contributed by atoms with Crippen molar-refractivity contribution in [2.75, 3.05) is 18.5 Å². The van der Waals surface area contributed by atoms with Gasteiger partial charge < -0.3 is 14.8 Å². The molecular formula is C29H34BrNO4S. The third kappa shape index (κ3) is 6.98. The number of hydrogen-bond donors (Lipinski definition) is 1. The Kier molecular flexibility index (Phi) is 9.36. The van der Waals surface area contributed by atoms with E-state index in [0.717, 1.165) is 32.5 Å². The van der Waals surface area contributed by atoms with E-state index in [9.17, 15) is 9.59 Å². The average molecular weight is 573 g/mol. The van der Waals surface area contributed by atoms with Crippen LogP contribution in [0, 0.1) is 13.8 Å². The lowest BCUT2D eigenvalue weighted by Crippen LogP contribution is -2.15. The molecule has 0 saturated carbocycles. The molecule has 0 aliphatic carbocycles. The summed E-state index contributed by atoms with van der Waals surface area (Å²) in [5.41, 5.74) is 5.62. The molecule has 0 radical (unpaired) electrons. The van der Waals surface area contributed by atoms with Gasteiger partial charge in [-0.05, 0) is 77.4 Å². The number of rotatable bonds is 9. The lowest BCUT2D eigenvalue weighted by molar-refractivity contribution is -0.116. The van der Waals surface area contributed by atoms with E-state index in [1.165, 1.54) is 16.9 Å². The monoisotopic (exact) mass is 571 g/mol. The fourth-order valence-corrected chi connectivity index (χ4v) is 5.32. The average Bonchev–Trinajstić information content (AvgIpc) is 3.20. The van der Waals surface area contributed by atoms with Crippen molar-refractivity contribution in [2.24, 2.45) is 0 Å². The minimum absolute atomic E-state index is 0.0569. The number of ether oxygens (including phenoxy) is 2. The van der Waals surface area contributed by atoms with Crippen molar-refractivity contribution in [3.63, 3.8) is 0 Å². The number of carbonyl (C=O) groups excluding carboxylic acids is 2. The molecule has 0 aliphatic heterocycles. The molecule has 192 valence electrons. The van der Waals surface area contributed by atoms with Gasteiger partial charge in [-0.25, -0.2) is 4.79 Å². The van der Waals surface area contributed by atoms with Gasteiger partial charge in [0.15, 0.2) is 0 Å². The predicted octanol–water partition coefficient (Wildman–Crippen LogP) is 8.07. The molecule has 0 bridgehead atoms. The van der Waals surface area contributed by atoms with Gasteiger partial charge in [0.1, 0.15) is 16.3 Å². The van der Waals surface area contributed by atoms with Crippen LogP contribution >= 0.6 is 27.3 Å². The maximum absolute atomic E-state index is 12.8. The van der Waals surface area contributed by atoms with Gasteiger partial charge >= 0.3 is 5.97 Å². The Morgan fingerprint density at radius 1 is 1.06 bits per heavy atom. The summed E-state index contributed by atoms with van der Waals surface area (Å²) in [4.78, 5) is 25.5. The van der Waals surface area contributed by atoms with Crippen molar-refractivity contribution in [1.29, 1.82) is 0 Å². The van der Waals surface area contributed by atoms with Gasteiger partial charge in [0, 0.05) is 17.4 Å². The number of anilines is 1. The van der Waals surface area contributed by atoms with Crippen LogP contribution in [0.3, 0.4) is 0 Å². The van der Waals surface area contributed by atoms with Crippen LogP contribution in [-0.4, -0.2) is 25.1 Å². The van der Waals surface area contributed by atoms with Crippen LogP contribution in [0.1, 0.15) is 67.6 Å². The maximum atomic E-state index is 12.8. The molecule has 3 aromatic rings. The number of aryl methyl sites for hydroxylation is 2. The van der Waals surface area contributed by atoms with Gasteiger partial charge in [0.25, 0.3) is 0 Å². The molecular weight excluding hydrogens is 538 g/mol. The third-order valence-electron chi connectivity index (χ3n) is 5.80. The minimum Gasteiger partial charge on any atom is -0.492 e. The van der Waals surface area contributed by atoms with Crippen molar-refractivity contribution >= 4 is 44.1 Å². The minimum atomic E-state index is -0.434. The lowest BCUT2D eigenvalue weighted by atomic mass is 9.87. The lowest BCUT2D eigenvalue weighted by Gasteiger charge is -2.20. The summed E-state index contributed by atoms with van der Waals surface area (Å²) in [5.74, 6) is 0.153. The molecule has 1 aromatic heterocycles. The van der Waals surface area contributed by atoms with Crippen LogP contribution < -0.4 is 10.1 Å². The van der Waals surface area contributed by atoms with E-state index in [2.05, 4.69) is 60.2 Å². The van der Waals surface area contributed by atoms with E-state index in [-0.39, 0.29) is 24.3 Å². The summed E-state index contributed by atoms with van der Waals surface area (Å²) in [6.07, 6.45) is 0.820. The number of carbonyl (C=O) groups is 2. The summed E-state index contributed by atoms with van der Waals surface area (Å²) in [7, 11) is 0. The summed E-state index contributed by atoms with van der Waals surface area (Å²) < 4.78 is 12.1. The Hall–Kier alpha value is -2.64. The van der Waals surface area contributed by atoms with E-state index in [4.69, 9.17) is 9.47 Å². The number of hydrogen-bond acceptors (Lipinski definition) is 5. The van der Waals surface area contributed by atoms with Gasteiger partial charge in [-0.15, -0.1) is 11.3 Å². The second-order valence-electron chi connectivity index (χ2n) is 9.79. The van der Waals surface area contributed by atoms with Gasteiger partial charge in [0.2, 0.25) is 5.91 Å². The van der Waals surface area contributed by atoms with Crippen LogP contribution in [0.5, 0.6) is 5.75 Å². The fourth-order valence-electron chi connectivity index (χ4n) is 3.86. The number of esters is 1. The molecule has 0 aliphatic rings. The smallest absolute Gasteiger partial charge is 0.341 e. The molecule has 1 N–H and O–H groups in total. The first-order chi connectivity index (χ1) is 17.0. The Morgan fingerprint density at radius 2 is 1.81 bits per heavy atom. The summed E-state index contributed by atoms with van der Waals surface area (Å²) in [5, 5.41) is 5.33. The van der Waals surface area contributed by atoms with Crippen LogP contribution in [0.25, 0.3) is 11.1 Å². The van der Waals surface area contributed by atoms with Gasteiger partial charge in [-0.2, -0.15) is 0 Å². The van der Waals surface area contributed by atoms with Crippen molar-refractivity contribution < 1.29 is 19.1 Å². The molecule has 1 amide bonds. The van der Waals surface area contributed by atoms with Crippen molar-refractivity contribution in [3.05, 3.63) is 68.5 Å². The Labute approximate surface area is 226 Å². The van der Waals surface area contributed by atoms with Gasteiger partial charge in [-0.3, -0.25) is 4.79 Å². The largest absolute Gasteiger partial charge is 0.492 e. The number of nitrogens with one attached hydrogen (secondary N) is 1. The predicted molar refractivity (Wildman–Crippen MR) is 151 cm³/mol. The molecule has 0 unspecified atom stereocenters. The first-order valence-corrected chi connectivity index (χ1v) is 13.8. The molecule has 1 heterocycles. The van der Waals surface area contributed by atoms with E-state index in [1.54, 1.807) is 6.92 Å². The summed E-state index contributed by atoms with van der Waals surface area (Å²) in [6, 6.07) is 12.2. The number of benzene rings is 2. The third-order valence-corrected chi connectivity index (χ3v) is 7.31. The molecule has 0 atom stereocenters. The Balaban J connectivity index is 1.65. The Bertz CT molecular complexity index is 1240. The highest BCUT2D eigenvalue weighted by atomic mass is 79.9. The zero-order valence-electron chi connectivity index (χ0n) is 21.8. The molecule has 2 aromatic carbocycles. The Morgan fingerprint density at radius 3 is 2.44 bits per heavy atom. The SMILES string of the molecule is CCOC(=O)c1c(-c2ccc(C)cc2C)csc1NC(=O)CCCOc1ccc(C(C)(C)C)cc1Br. The molecule has 0 fully saturated rings. The quantitative estimate of drug-likeness (QED) is 0.208. The molecule has 7 heteroatoms. The van der Waals surface area contributed by atoms with Crippen LogP contribution in [-0.2, 0) is 14.9 Å². The normalized spacial score (nSPS) is 11.3. The van der Waals surface area contributed by atoms with E-state index in [0.29, 0.717) is 23.6 Å². The zero-order valence-corrected chi connectivity index (χ0v) is 24.2. The van der Waals surface area contributed by atoms with E-state index in [1.807, 2.05) is 37.4 Å². The van der Waals surface area contributed by atoms with Gasteiger partial charge in [0.05, 0.1) is 17.7 Å². The topological polar surface area (TPSA) is 64.6 Å². The van der Waals surface area contributed by atoms with E-state index >= 15 is 0 Å². The van der Waals surface area contributed by atoms with Crippen molar-refractivity contribution in [1.82, 2.24) is 0 Å². The van der Waals surface area contributed by atoms with Gasteiger partial charge in [-0.1, -0.05) is 50.6 Å². The van der Waals surface area contributed by atoms with Crippen LogP contribution in [0.4, 0.5) is 5.00 Å². The van der Waals surface area contributed by atoms with Crippen molar-refractivity contribution in [2.45, 2.75) is 59.8 Å². The second kappa shape index (κ2) is 12.1. The highest BCUT2D eigenvalue weighted by Gasteiger charge is 2.23. The second-order valence-corrected chi connectivity index (χ2v) is 11.5. The summed E-state index contributed by atoms with van der Waals surface area (Å²) in [6.45, 7) is 13.0. The molecule has 36 heavy (non-hydrogen) atoms. The zero-order chi connectivity index (χ0) is 26.5. The van der Waals surface area contributed by atoms with Crippen LogP contribution in [0.15, 0.2) is 46.3 Å². The number of amides is 1. The van der Waals surface area contributed by atoms with E-state index < -0.39 is 5.97 Å². The number of thiophene rings is 1. The summed E-state index contributed by atoms with van der Waals surface area (Å²) >= 11 is 4.92. The fraction of sp³-hybridized carbons (Fsp3) is 0.379.